The third-order valence-corrected chi connectivity index (χ3v) is 6.66. The van der Waals surface area contributed by atoms with Gasteiger partial charge in [0.15, 0.2) is 0 Å². The second kappa shape index (κ2) is 10.1. The summed E-state index contributed by atoms with van der Waals surface area (Å²) in [6, 6.07) is 12.1. The van der Waals surface area contributed by atoms with Gasteiger partial charge in [0.1, 0.15) is 5.75 Å². The summed E-state index contributed by atoms with van der Waals surface area (Å²) >= 11 is 0. The molecule has 0 bridgehead atoms. The largest absolute Gasteiger partial charge is 0.495 e. The van der Waals surface area contributed by atoms with Gasteiger partial charge in [-0.05, 0) is 47.6 Å². The van der Waals surface area contributed by atoms with Crippen molar-refractivity contribution in [2.75, 3.05) is 12.4 Å². The smallest absolute Gasteiger partial charge is 0.241 e. The van der Waals surface area contributed by atoms with Crippen molar-refractivity contribution in [2.45, 2.75) is 57.9 Å². The molecule has 0 saturated carbocycles. The fraction of sp³-hybridized carbons (Fsp3) is 0.435. The Bertz CT molecular complexity index is 969. The van der Waals surface area contributed by atoms with Crippen LogP contribution in [0.15, 0.2) is 47.4 Å². The van der Waals surface area contributed by atoms with Gasteiger partial charge in [0.05, 0.1) is 17.7 Å². The van der Waals surface area contributed by atoms with E-state index in [1.807, 2.05) is 26.0 Å². The number of hydrogen-bond donors (Lipinski definition) is 2. The molecule has 0 fully saturated rings. The van der Waals surface area contributed by atoms with E-state index >= 15 is 0 Å². The van der Waals surface area contributed by atoms with Gasteiger partial charge in [-0.1, -0.05) is 52.0 Å². The fourth-order valence-corrected chi connectivity index (χ4v) is 4.63. The van der Waals surface area contributed by atoms with E-state index in [4.69, 9.17) is 4.74 Å². The van der Waals surface area contributed by atoms with Crippen LogP contribution in [0.25, 0.3) is 0 Å². The predicted molar refractivity (Wildman–Crippen MR) is 120 cm³/mol. The van der Waals surface area contributed by atoms with E-state index in [-0.39, 0.29) is 22.8 Å². The molecule has 164 valence electrons. The molecule has 0 spiro atoms. The molecule has 2 aromatic rings. The van der Waals surface area contributed by atoms with E-state index in [1.54, 1.807) is 0 Å². The molecule has 0 unspecified atom stereocenters. The van der Waals surface area contributed by atoms with Crippen LogP contribution in [0, 0.1) is 5.92 Å². The summed E-state index contributed by atoms with van der Waals surface area (Å²) in [5.74, 6) is 0.587. The molecular weight excluding hydrogens is 400 g/mol. The van der Waals surface area contributed by atoms with Crippen molar-refractivity contribution in [1.82, 2.24) is 4.72 Å². The molecule has 0 aliphatic carbocycles. The monoisotopic (exact) mass is 432 g/mol. The minimum atomic E-state index is -3.82. The zero-order valence-electron chi connectivity index (χ0n) is 18.5. The van der Waals surface area contributed by atoms with Gasteiger partial charge in [-0.25, -0.2) is 13.1 Å². The number of benzene rings is 2. The number of ether oxygens (including phenoxy) is 1. The van der Waals surface area contributed by atoms with E-state index in [0.29, 0.717) is 17.4 Å². The Morgan fingerprint density at radius 1 is 1.03 bits per heavy atom. The molecule has 30 heavy (non-hydrogen) atoms. The van der Waals surface area contributed by atoms with Gasteiger partial charge in [0.2, 0.25) is 15.9 Å². The van der Waals surface area contributed by atoms with Crippen molar-refractivity contribution in [3.63, 3.8) is 0 Å². The lowest BCUT2D eigenvalue weighted by Gasteiger charge is -2.24. The molecule has 0 saturated heterocycles. The number of carbonyl (C=O) groups is 1. The summed E-state index contributed by atoms with van der Waals surface area (Å²) in [5, 5.41) is 2.61. The lowest BCUT2D eigenvalue weighted by Crippen LogP contribution is -2.32. The van der Waals surface area contributed by atoms with Crippen LogP contribution >= 0.6 is 0 Å². The Morgan fingerprint density at radius 3 is 2.13 bits per heavy atom. The number of hydrogen-bond acceptors (Lipinski definition) is 4. The topological polar surface area (TPSA) is 84.5 Å². The Hall–Kier alpha value is -2.38. The average molecular weight is 433 g/mol. The molecule has 2 N–H and O–H groups in total. The molecule has 2 atom stereocenters. The number of nitrogens with one attached hydrogen (secondary N) is 2. The SMILES string of the molecule is CC[C@@H](C)c1ccc([C@@H](NS(=O)(=O)c2ccc(OC)c(NC(C)=O)c2)C(C)C)cc1. The normalized spacial score (nSPS) is 13.7. The van der Waals surface area contributed by atoms with Crippen molar-refractivity contribution in [3.8, 4) is 5.75 Å². The maximum Gasteiger partial charge on any atom is 0.241 e. The van der Waals surface area contributed by atoms with Crippen LogP contribution in [0.4, 0.5) is 5.69 Å². The van der Waals surface area contributed by atoms with Gasteiger partial charge in [-0.15, -0.1) is 0 Å². The van der Waals surface area contributed by atoms with Crippen LogP contribution in [0.3, 0.4) is 0 Å². The van der Waals surface area contributed by atoms with E-state index in [1.165, 1.54) is 37.8 Å². The summed E-state index contributed by atoms with van der Waals surface area (Å²) in [6.07, 6.45) is 1.05. The molecule has 7 heteroatoms. The molecule has 2 aromatic carbocycles. The number of sulfonamides is 1. The van der Waals surface area contributed by atoms with E-state index in [2.05, 4.69) is 36.0 Å². The third-order valence-electron chi connectivity index (χ3n) is 5.22. The molecule has 1 amide bonds. The van der Waals surface area contributed by atoms with Crippen molar-refractivity contribution in [2.24, 2.45) is 5.92 Å². The Labute approximate surface area is 180 Å². The van der Waals surface area contributed by atoms with Gasteiger partial charge < -0.3 is 10.1 Å². The number of amides is 1. The average Bonchev–Trinajstić information content (AvgIpc) is 2.71. The molecule has 2 rings (SSSR count). The first kappa shape index (κ1) is 23.9. The molecule has 6 nitrogen and oxygen atoms in total. The molecule has 0 aliphatic heterocycles. The molecule has 0 heterocycles. The van der Waals surface area contributed by atoms with Gasteiger partial charge in [-0.2, -0.15) is 0 Å². The zero-order valence-corrected chi connectivity index (χ0v) is 19.3. The highest BCUT2D eigenvalue weighted by Gasteiger charge is 2.25. The van der Waals surface area contributed by atoms with E-state index in [0.717, 1.165) is 12.0 Å². The van der Waals surface area contributed by atoms with Gasteiger partial charge in [-0.3, -0.25) is 4.79 Å². The Kier molecular flexibility index (Phi) is 8.03. The summed E-state index contributed by atoms with van der Waals surface area (Å²) in [6.45, 7) is 9.64. The molecule has 0 aromatic heterocycles. The second-order valence-corrected chi connectivity index (χ2v) is 9.58. The quantitative estimate of drug-likeness (QED) is 0.594. The van der Waals surface area contributed by atoms with E-state index < -0.39 is 10.0 Å². The summed E-state index contributed by atoms with van der Waals surface area (Å²) in [4.78, 5) is 11.5. The lowest BCUT2D eigenvalue weighted by atomic mass is 9.93. The minimum absolute atomic E-state index is 0.0438. The highest BCUT2D eigenvalue weighted by molar-refractivity contribution is 7.89. The first-order valence-corrected chi connectivity index (χ1v) is 11.6. The standard InChI is InChI=1S/C23H32N2O4S/c1-7-16(4)18-8-10-19(11-9-18)23(15(2)3)25-30(27,28)20-12-13-22(29-6)21(14-20)24-17(5)26/h8-16,23,25H,7H2,1-6H3,(H,24,26)/t16-,23+/m1/s1. The maximum atomic E-state index is 13.1. The predicted octanol–water partition coefficient (Wildman–Crippen LogP) is 4.84. The number of anilines is 1. The highest BCUT2D eigenvalue weighted by Crippen LogP contribution is 2.30. The van der Waals surface area contributed by atoms with Crippen LogP contribution < -0.4 is 14.8 Å². The van der Waals surface area contributed by atoms with Crippen molar-refractivity contribution in [3.05, 3.63) is 53.6 Å². The molecule has 0 radical (unpaired) electrons. The van der Waals surface area contributed by atoms with Crippen LogP contribution in [-0.2, 0) is 14.8 Å². The first-order chi connectivity index (χ1) is 14.1. The van der Waals surface area contributed by atoms with E-state index in [9.17, 15) is 13.2 Å². The van der Waals surface area contributed by atoms with Crippen molar-refractivity contribution >= 4 is 21.6 Å². The Balaban J connectivity index is 2.35. The van der Waals surface area contributed by atoms with Gasteiger partial charge >= 0.3 is 0 Å². The number of carbonyl (C=O) groups excluding carboxylic acids is 1. The number of methoxy groups -OCH3 is 1. The summed E-state index contributed by atoms with van der Waals surface area (Å²) in [5.41, 5.74) is 2.46. The first-order valence-electron chi connectivity index (χ1n) is 10.2. The summed E-state index contributed by atoms with van der Waals surface area (Å²) in [7, 11) is -2.36. The highest BCUT2D eigenvalue weighted by atomic mass is 32.2. The van der Waals surface area contributed by atoms with Crippen molar-refractivity contribution < 1.29 is 17.9 Å². The lowest BCUT2D eigenvalue weighted by molar-refractivity contribution is -0.114. The zero-order chi connectivity index (χ0) is 22.5. The van der Waals surface area contributed by atoms with Crippen molar-refractivity contribution in [1.29, 1.82) is 0 Å². The fourth-order valence-electron chi connectivity index (χ4n) is 3.23. The minimum Gasteiger partial charge on any atom is -0.495 e. The number of rotatable bonds is 9. The molecule has 0 aliphatic rings. The van der Waals surface area contributed by atoms with Crippen LogP contribution in [0.1, 0.15) is 64.1 Å². The van der Waals surface area contributed by atoms with Gasteiger partial charge in [0.25, 0.3) is 0 Å². The Morgan fingerprint density at radius 2 is 1.63 bits per heavy atom. The second-order valence-electron chi connectivity index (χ2n) is 7.86. The third kappa shape index (κ3) is 5.83. The summed E-state index contributed by atoms with van der Waals surface area (Å²) < 4.78 is 34.3. The van der Waals surface area contributed by atoms with Crippen LogP contribution in [0.5, 0.6) is 5.75 Å². The molecular formula is C23H32N2O4S. The van der Waals surface area contributed by atoms with Crippen LogP contribution in [-0.4, -0.2) is 21.4 Å². The van der Waals surface area contributed by atoms with Gasteiger partial charge in [0, 0.05) is 13.0 Å². The van der Waals surface area contributed by atoms with Crippen LogP contribution in [0.2, 0.25) is 0 Å². The maximum absolute atomic E-state index is 13.1.